The average molecular weight is 300 g/mol. The third kappa shape index (κ3) is 3.56. The fourth-order valence-electron chi connectivity index (χ4n) is 1.46. The maximum Gasteiger partial charge on any atom is 0.411 e. The van der Waals surface area contributed by atoms with E-state index in [-0.39, 0.29) is 12.4 Å². The molecule has 5 heteroatoms. The molecule has 0 saturated carbocycles. The number of amides is 1. The van der Waals surface area contributed by atoms with Crippen LogP contribution in [0.25, 0.3) is 0 Å². The van der Waals surface area contributed by atoms with Crippen molar-refractivity contribution < 1.29 is 14.3 Å². The number of ether oxygens (including phenoxy) is 1. The van der Waals surface area contributed by atoms with Crippen molar-refractivity contribution in [2.75, 3.05) is 11.9 Å². The van der Waals surface area contributed by atoms with Crippen molar-refractivity contribution >= 4 is 33.5 Å². The fraction of sp³-hybridized carbons (Fsp3) is 0.333. The minimum Gasteiger partial charge on any atom is -0.450 e. The molecule has 17 heavy (non-hydrogen) atoms. The van der Waals surface area contributed by atoms with E-state index in [4.69, 9.17) is 4.74 Å². The van der Waals surface area contributed by atoms with Gasteiger partial charge >= 0.3 is 6.09 Å². The van der Waals surface area contributed by atoms with Crippen molar-refractivity contribution in [3.8, 4) is 0 Å². The molecule has 4 nitrogen and oxygen atoms in total. The van der Waals surface area contributed by atoms with E-state index < -0.39 is 6.09 Å². The molecule has 0 radical (unpaired) electrons. The maximum absolute atomic E-state index is 11.5. The van der Waals surface area contributed by atoms with Gasteiger partial charge in [0.2, 0.25) is 0 Å². The summed E-state index contributed by atoms with van der Waals surface area (Å²) >= 11 is 3.32. The van der Waals surface area contributed by atoms with Crippen molar-refractivity contribution in [3.05, 3.63) is 27.7 Å². The van der Waals surface area contributed by atoms with Crippen LogP contribution >= 0.6 is 15.9 Å². The van der Waals surface area contributed by atoms with Gasteiger partial charge < -0.3 is 4.74 Å². The second-order valence-corrected chi connectivity index (χ2v) is 4.46. The lowest BCUT2D eigenvalue weighted by atomic mass is 10.1. The highest BCUT2D eigenvalue weighted by Crippen LogP contribution is 2.26. The molecular formula is C12H14BrNO3. The summed E-state index contributed by atoms with van der Waals surface area (Å²) in [5, 5.41) is 2.59. The molecule has 0 atom stereocenters. The van der Waals surface area contributed by atoms with Crippen molar-refractivity contribution in [1.82, 2.24) is 0 Å². The summed E-state index contributed by atoms with van der Waals surface area (Å²) in [6.07, 6.45) is -0.555. The summed E-state index contributed by atoms with van der Waals surface area (Å²) < 4.78 is 5.59. The molecule has 0 fully saturated rings. The topological polar surface area (TPSA) is 55.4 Å². The van der Waals surface area contributed by atoms with Crippen LogP contribution in [0.1, 0.15) is 29.8 Å². The minimum absolute atomic E-state index is 0.110. The van der Waals surface area contributed by atoms with Crippen molar-refractivity contribution in [2.24, 2.45) is 0 Å². The van der Waals surface area contributed by atoms with Gasteiger partial charge in [-0.1, -0.05) is 15.9 Å². The van der Waals surface area contributed by atoms with Crippen LogP contribution in [-0.2, 0) is 4.74 Å². The normalized spacial score (nSPS) is 9.88. The number of Topliss-reactive ketones (excluding diaryl/α,β-unsaturated/α-hetero) is 1. The van der Waals surface area contributed by atoms with Gasteiger partial charge in [0.25, 0.3) is 0 Å². The van der Waals surface area contributed by atoms with E-state index in [1.807, 2.05) is 13.0 Å². The number of ketones is 1. The number of carbonyl (C=O) groups excluding carboxylic acids is 2. The van der Waals surface area contributed by atoms with Gasteiger partial charge in [0.1, 0.15) is 0 Å². The summed E-state index contributed by atoms with van der Waals surface area (Å²) in [6, 6.07) is 3.50. The molecule has 1 aromatic rings. The van der Waals surface area contributed by atoms with Crippen LogP contribution in [0.15, 0.2) is 16.6 Å². The van der Waals surface area contributed by atoms with E-state index in [0.717, 1.165) is 10.0 Å². The van der Waals surface area contributed by atoms with Gasteiger partial charge in [-0.25, -0.2) is 4.79 Å². The molecule has 1 amide bonds. The largest absolute Gasteiger partial charge is 0.450 e. The Balaban J connectivity index is 3.12. The Morgan fingerprint density at radius 1 is 1.41 bits per heavy atom. The Kier molecular flexibility index (Phi) is 4.69. The number of aryl methyl sites for hydroxylation is 1. The Hall–Kier alpha value is -1.36. The molecule has 0 unspecified atom stereocenters. The number of hydrogen-bond donors (Lipinski definition) is 1. The summed E-state index contributed by atoms with van der Waals surface area (Å²) in [4.78, 5) is 22.9. The van der Waals surface area contributed by atoms with Crippen molar-refractivity contribution in [3.63, 3.8) is 0 Å². The molecular weight excluding hydrogens is 286 g/mol. The molecule has 0 aliphatic carbocycles. The quantitative estimate of drug-likeness (QED) is 0.869. The van der Waals surface area contributed by atoms with Crippen molar-refractivity contribution in [1.29, 1.82) is 0 Å². The van der Waals surface area contributed by atoms with E-state index in [9.17, 15) is 9.59 Å². The van der Waals surface area contributed by atoms with Gasteiger partial charge in [-0.15, -0.1) is 0 Å². The molecule has 0 aliphatic heterocycles. The second kappa shape index (κ2) is 5.82. The van der Waals surface area contributed by atoms with Crippen molar-refractivity contribution in [2.45, 2.75) is 20.8 Å². The molecule has 0 bridgehead atoms. The zero-order valence-electron chi connectivity index (χ0n) is 9.96. The lowest BCUT2D eigenvalue weighted by Gasteiger charge is -2.12. The summed E-state index contributed by atoms with van der Waals surface area (Å²) in [5.41, 5.74) is 1.77. The first kappa shape index (κ1) is 13.7. The van der Waals surface area contributed by atoms with Crippen LogP contribution in [0, 0.1) is 6.92 Å². The highest BCUT2D eigenvalue weighted by Gasteiger charge is 2.14. The number of hydrogen-bond acceptors (Lipinski definition) is 3. The van der Waals surface area contributed by atoms with Crippen LogP contribution in [-0.4, -0.2) is 18.5 Å². The third-order valence-corrected chi connectivity index (χ3v) is 2.64. The smallest absolute Gasteiger partial charge is 0.411 e. The highest BCUT2D eigenvalue weighted by molar-refractivity contribution is 9.10. The Morgan fingerprint density at radius 3 is 2.59 bits per heavy atom. The minimum atomic E-state index is -0.555. The summed E-state index contributed by atoms with van der Waals surface area (Å²) in [6.45, 7) is 5.28. The molecule has 0 saturated heterocycles. The number of rotatable bonds is 3. The van der Waals surface area contributed by atoms with Gasteiger partial charge in [-0.05, 0) is 38.5 Å². The van der Waals surface area contributed by atoms with Gasteiger partial charge in [-0.2, -0.15) is 0 Å². The molecule has 92 valence electrons. The first-order valence-electron chi connectivity index (χ1n) is 5.20. The predicted molar refractivity (Wildman–Crippen MR) is 69.5 cm³/mol. The van der Waals surface area contributed by atoms with Gasteiger partial charge in [0, 0.05) is 10.0 Å². The van der Waals surface area contributed by atoms with Crippen LogP contribution in [0.4, 0.5) is 10.5 Å². The van der Waals surface area contributed by atoms with Gasteiger partial charge in [0.05, 0.1) is 12.3 Å². The van der Waals surface area contributed by atoms with E-state index in [1.54, 1.807) is 13.0 Å². The third-order valence-electron chi connectivity index (χ3n) is 2.18. The lowest BCUT2D eigenvalue weighted by Crippen LogP contribution is -2.16. The van der Waals surface area contributed by atoms with E-state index in [2.05, 4.69) is 21.2 Å². The van der Waals surface area contributed by atoms with Gasteiger partial charge in [-0.3, -0.25) is 10.1 Å². The Labute approximate surface area is 108 Å². The number of halogens is 1. The standard InChI is InChI=1S/C12H14BrNO3/c1-4-17-12(16)14-11-7(2)5-9(13)6-10(11)8(3)15/h5-6H,4H2,1-3H3,(H,14,16). The molecule has 1 rings (SSSR count). The monoisotopic (exact) mass is 299 g/mol. The molecule has 0 aromatic heterocycles. The maximum atomic E-state index is 11.5. The summed E-state index contributed by atoms with van der Waals surface area (Å²) in [5.74, 6) is -0.110. The van der Waals surface area contributed by atoms with Gasteiger partial charge in [0.15, 0.2) is 5.78 Å². The number of nitrogens with one attached hydrogen (secondary N) is 1. The van der Waals surface area contributed by atoms with Crippen LogP contribution in [0.3, 0.4) is 0 Å². The second-order valence-electron chi connectivity index (χ2n) is 3.55. The molecule has 0 heterocycles. The summed E-state index contributed by atoms with van der Waals surface area (Å²) in [7, 11) is 0. The van der Waals surface area contributed by atoms with E-state index >= 15 is 0 Å². The van der Waals surface area contributed by atoms with E-state index in [0.29, 0.717) is 11.3 Å². The zero-order valence-corrected chi connectivity index (χ0v) is 11.6. The molecule has 0 aliphatic rings. The highest BCUT2D eigenvalue weighted by atomic mass is 79.9. The predicted octanol–water partition coefficient (Wildman–Crippen LogP) is 3.53. The SMILES string of the molecule is CCOC(=O)Nc1c(C)cc(Br)cc1C(C)=O. The number of benzene rings is 1. The molecule has 1 aromatic carbocycles. The van der Waals surface area contributed by atoms with E-state index in [1.165, 1.54) is 6.92 Å². The zero-order chi connectivity index (χ0) is 13.0. The van der Waals surface area contributed by atoms with Crippen LogP contribution in [0.2, 0.25) is 0 Å². The number of carbonyl (C=O) groups is 2. The average Bonchev–Trinajstić information content (AvgIpc) is 2.21. The fourth-order valence-corrected chi connectivity index (χ4v) is 2.03. The lowest BCUT2D eigenvalue weighted by molar-refractivity contribution is 0.101. The molecule has 0 spiro atoms. The Bertz CT molecular complexity index is 457. The number of anilines is 1. The molecule has 1 N–H and O–H groups in total. The Morgan fingerprint density at radius 2 is 2.06 bits per heavy atom. The first-order chi connectivity index (χ1) is 7.95. The van der Waals surface area contributed by atoms with Crippen LogP contribution < -0.4 is 5.32 Å². The first-order valence-corrected chi connectivity index (χ1v) is 5.99. The van der Waals surface area contributed by atoms with Crippen LogP contribution in [0.5, 0.6) is 0 Å².